The maximum absolute atomic E-state index is 12.3. The molecule has 2 aromatic rings. The fourth-order valence-electron chi connectivity index (χ4n) is 2.39. The minimum absolute atomic E-state index is 0.0852. The molecule has 0 radical (unpaired) electrons. The number of nitrogens with one attached hydrogen (secondary N) is 1. The monoisotopic (exact) mass is 342 g/mol. The number of ether oxygens (including phenoxy) is 2. The average molecular weight is 342 g/mol. The molecule has 0 aromatic heterocycles. The predicted molar refractivity (Wildman–Crippen MR) is 99.0 cm³/mol. The molecule has 1 N–H and O–H groups in total. The van der Waals surface area contributed by atoms with E-state index in [1.54, 1.807) is 4.90 Å². The third kappa shape index (κ3) is 6.37. The molecule has 2 aromatic carbocycles. The van der Waals surface area contributed by atoms with Gasteiger partial charge in [-0.25, -0.2) is 4.79 Å². The van der Waals surface area contributed by atoms with Crippen LogP contribution in [0.15, 0.2) is 54.6 Å². The zero-order valence-corrected chi connectivity index (χ0v) is 14.9. The fourth-order valence-corrected chi connectivity index (χ4v) is 2.39. The van der Waals surface area contributed by atoms with Gasteiger partial charge in [-0.05, 0) is 31.5 Å². The number of amides is 2. The van der Waals surface area contributed by atoms with Crippen molar-refractivity contribution in [2.24, 2.45) is 0 Å². The molecule has 0 heterocycles. The summed E-state index contributed by atoms with van der Waals surface area (Å²) in [5, 5.41) is 2.89. The van der Waals surface area contributed by atoms with E-state index in [9.17, 15) is 4.79 Å². The van der Waals surface area contributed by atoms with Crippen LogP contribution >= 0.6 is 0 Å². The number of rotatable bonds is 9. The van der Waals surface area contributed by atoms with Gasteiger partial charge in [0.1, 0.15) is 18.1 Å². The summed E-state index contributed by atoms with van der Waals surface area (Å²) in [5.74, 6) is 1.51. The maximum atomic E-state index is 12.3. The predicted octanol–water partition coefficient (Wildman–Crippen LogP) is 3.70. The molecule has 5 heteroatoms. The van der Waals surface area contributed by atoms with Gasteiger partial charge in [0.25, 0.3) is 0 Å². The second-order valence-corrected chi connectivity index (χ2v) is 5.49. The van der Waals surface area contributed by atoms with E-state index in [4.69, 9.17) is 9.47 Å². The van der Waals surface area contributed by atoms with E-state index in [0.717, 1.165) is 17.1 Å². The lowest BCUT2D eigenvalue weighted by molar-refractivity contribution is 0.195. The van der Waals surface area contributed by atoms with Gasteiger partial charge in [-0.3, -0.25) is 0 Å². The highest BCUT2D eigenvalue weighted by atomic mass is 16.5. The molecule has 0 atom stereocenters. The topological polar surface area (TPSA) is 50.8 Å². The zero-order valence-electron chi connectivity index (χ0n) is 14.9. The van der Waals surface area contributed by atoms with Crippen molar-refractivity contribution < 1.29 is 14.3 Å². The first-order valence-electron chi connectivity index (χ1n) is 8.65. The van der Waals surface area contributed by atoms with Crippen molar-refractivity contribution in [1.82, 2.24) is 10.2 Å². The van der Waals surface area contributed by atoms with E-state index in [2.05, 4.69) is 5.32 Å². The molecule has 25 heavy (non-hydrogen) atoms. The van der Waals surface area contributed by atoms with Crippen LogP contribution in [0.4, 0.5) is 4.79 Å². The average Bonchev–Trinajstić information content (AvgIpc) is 2.64. The minimum Gasteiger partial charge on any atom is -0.494 e. The molecular formula is C20H26N2O3. The van der Waals surface area contributed by atoms with Gasteiger partial charge in [-0.15, -0.1) is 0 Å². The Kier molecular flexibility index (Phi) is 7.63. The number of hydrogen-bond donors (Lipinski definition) is 1. The van der Waals surface area contributed by atoms with Crippen LogP contribution < -0.4 is 14.8 Å². The van der Waals surface area contributed by atoms with Crippen molar-refractivity contribution in [2.45, 2.75) is 20.4 Å². The van der Waals surface area contributed by atoms with Crippen LogP contribution in [0.3, 0.4) is 0 Å². The first kappa shape index (κ1) is 18.6. The molecule has 5 nitrogen and oxygen atoms in total. The summed E-state index contributed by atoms with van der Waals surface area (Å²) in [5.41, 5.74) is 1.11. The van der Waals surface area contributed by atoms with E-state index < -0.39 is 0 Å². The molecule has 134 valence electrons. The second-order valence-electron chi connectivity index (χ2n) is 5.49. The van der Waals surface area contributed by atoms with Gasteiger partial charge in [0.05, 0.1) is 13.2 Å². The lowest BCUT2D eigenvalue weighted by Gasteiger charge is -2.21. The third-order valence-electron chi connectivity index (χ3n) is 3.65. The van der Waals surface area contributed by atoms with E-state index in [1.807, 2.05) is 68.4 Å². The quantitative estimate of drug-likeness (QED) is 0.707. The zero-order chi connectivity index (χ0) is 17.9. The maximum Gasteiger partial charge on any atom is 0.317 e. The van der Waals surface area contributed by atoms with Gasteiger partial charge in [0, 0.05) is 19.2 Å². The normalized spacial score (nSPS) is 10.2. The van der Waals surface area contributed by atoms with Crippen LogP contribution in [0.25, 0.3) is 0 Å². The van der Waals surface area contributed by atoms with Gasteiger partial charge in [-0.1, -0.05) is 36.4 Å². The van der Waals surface area contributed by atoms with E-state index >= 15 is 0 Å². The summed E-state index contributed by atoms with van der Waals surface area (Å²) < 4.78 is 11.1. The molecule has 0 saturated heterocycles. The minimum atomic E-state index is -0.0852. The Morgan fingerprint density at radius 1 is 1.00 bits per heavy atom. The number of hydrogen-bond acceptors (Lipinski definition) is 3. The van der Waals surface area contributed by atoms with Crippen molar-refractivity contribution in [3.8, 4) is 11.5 Å². The Bertz CT molecular complexity index is 646. The smallest absolute Gasteiger partial charge is 0.317 e. The van der Waals surface area contributed by atoms with Gasteiger partial charge < -0.3 is 19.7 Å². The van der Waals surface area contributed by atoms with E-state index in [1.165, 1.54) is 0 Å². The molecule has 2 amide bonds. The number of benzene rings is 2. The number of nitrogens with zero attached hydrogens (tertiary/aromatic N) is 1. The molecule has 2 rings (SSSR count). The third-order valence-corrected chi connectivity index (χ3v) is 3.65. The van der Waals surface area contributed by atoms with Gasteiger partial charge in [0.2, 0.25) is 0 Å². The highest BCUT2D eigenvalue weighted by Crippen LogP contribution is 2.19. The molecule has 0 fully saturated rings. The van der Waals surface area contributed by atoms with Gasteiger partial charge >= 0.3 is 6.03 Å². The Morgan fingerprint density at radius 3 is 2.40 bits per heavy atom. The molecule has 0 aliphatic rings. The number of urea groups is 1. The summed E-state index contributed by atoms with van der Waals surface area (Å²) >= 11 is 0. The van der Waals surface area contributed by atoms with E-state index in [-0.39, 0.29) is 6.03 Å². The Morgan fingerprint density at radius 2 is 1.72 bits per heavy atom. The molecule has 0 aliphatic carbocycles. The summed E-state index contributed by atoms with van der Waals surface area (Å²) in [6.07, 6.45) is 0. The van der Waals surface area contributed by atoms with Crippen LogP contribution in [-0.4, -0.2) is 37.2 Å². The Hall–Kier alpha value is -2.69. The lowest BCUT2D eigenvalue weighted by Crippen LogP contribution is -2.41. The molecule has 0 bridgehead atoms. The highest BCUT2D eigenvalue weighted by Gasteiger charge is 2.11. The summed E-state index contributed by atoms with van der Waals surface area (Å²) in [6, 6.07) is 17.4. The van der Waals surface area contributed by atoms with Gasteiger partial charge in [-0.2, -0.15) is 0 Å². The molecule has 0 unspecified atom stereocenters. The summed E-state index contributed by atoms with van der Waals surface area (Å²) in [7, 11) is 0. The molecule has 0 saturated carbocycles. The molecule has 0 spiro atoms. The highest BCUT2D eigenvalue weighted by molar-refractivity contribution is 5.74. The Labute approximate surface area is 149 Å². The van der Waals surface area contributed by atoms with Gasteiger partial charge in [0.15, 0.2) is 0 Å². The number of carbonyl (C=O) groups is 1. The van der Waals surface area contributed by atoms with Crippen molar-refractivity contribution >= 4 is 6.03 Å². The van der Waals surface area contributed by atoms with Crippen molar-refractivity contribution in [3.05, 3.63) is 60.2 Å². The lowest BCUT2D eigenvalue weighted by atomic mass is 10.2. The van der Waals surface area contributed by atoms with Crippen LogP contribution in [0, 0.1) is 0 Å². The fraction of sp³-hybridized carbons (Fsp3) is 0.350. The summed E-state index contributed by atoms with van der Waals surface area (Å²) in [6.45, 7) is 6.63. The summed E-state index contributed by atoms with van der Waals surface area (Å²) in [4.78, 5) is 14.0. The van der Waals surface area contributed by atoms with Crippen LogP contribution in [0.5, 0.6) is 11.5 Å². The molecular weight excluding hydrogens is 316 g/mol. The van der Waals surface area contributed by atoms with Crippen LogP contribution in [-0.2, 0) is 6.54 Å². The van der Waals surface area contributed by atoms with Crippen molar-refractivity contribution in [3.63, 3.8) is 0 Å². The first-order chi connectivity index (χ1) is 12.2. The van der Waals surface area contributed by atoms with Crippen LogP contribution in [0.2, 0.25) is 0 Å². The van der Waals surface area contributed by atoms with Crippen molar-refractivity contribution in [2.75, 3.05) is 26.3 Å². The standard InChI is InChI=1S/C20H26N2O3/c1-3-22(16-17-9-6-5-7-10-17)20(23)21-13-14-25-19-12-8-11-18(15-19)24-4-2/h5-12,15H,3-4,13-14,16H2,1-2H3,(H,21,23). The van der Waals surface area contributed by atoms with Crippen LogP contribution in [0.1, 0.15) is 19.4 Å². The first-order valence-corrected chi connectivity index (χ1v) is 8.65. The largest absolute Gasteiger partial charge is 0.494 e. The van der Waals surface area contributed by atoms with Crippen molar-refractivity contribution in [1.29, 1.82) is 0 Å². The second kappa shape index (κ2) is 10.2. The van der Waals surface area contributed by atoms with E-state index in [0.29, 0.717) is 32.8 Å². The molecule has 0 aliphatic heterocycles. The Balaban J connectivity index is 1.74. The number of carbonyl (C=O) groups excluding carboxylic acids is 1. The SMILES string of the molecule is CCOc1cccc(OCCNC(=O)N(CC)Cc2ccccc2)c1.